The van der Waals surface area contributed by atoms with Crippen molar-refractivity contribution < 1.29 is 14.1 Å². The number of amides is 2. The number of hydrogen-bond acceptors (Lipinski definition) is 5. The molecule has 0 spiro atoms. The zero-order valence-electron chi connectivity index (χ0n) is 14.9. The first kappa shape index (κ1) is 19.9. The van der Waals surface area contributed by atoms with Gasteiger partial charge in [-0.1, -0.05) is 34.4 Å². The molecule has 7 nitrogen and oxygen atoms in total. The van der Waals surface area contributed by atoms with Gasteiger partial charge in [-0.2, -0.15) is 0 Å². The Morgan fingerprint density at radius 1 is 1.14 bits per heavy atom. The molecule has 3 aromatic rings. The van der Waals surface area contributed by atoms with E-state index < -0.39 is 11.8 Å². The first-order valence-corrected chi connectivity index (χ1v) is 9.15. The molecule has 0 saturated heterocycles. The number of halogens is 2. The molecule has 0 aliphatic rings. The predicted octanol–water partition coefficient (Wildman–Crippen LogP) is 4.14. The third kappa shape index (κ3) is 4.49. The maximum Gasteiger partial charge on any atom is 0.276 e. The summed E-state index contributed by atoms with van der Waals surface area (Å²) in [6.45, 7) is 1.88. The molecule has 2 heterocycles. The molecule has 144 valence electrons. The van der Waals surface area contributed by atoms with Crippen LogP contribution in [0.15, 0.2) is 53.3 Å². The van der Waals surface area contributed by atoms with Crippen LogP contribution in [0, 0.1) is 0 Å². The summed E-state index contributed by atoms with van der Waals surface area (Å²) in [4.78, 5) is 30.4. The molecule has 1 N–H and O–H groups in total. The maximum absolute atomic E-state index is 12.7. The molecule has 0 saturated carbocycles. The van der Waals surface area contributed by atoms with Gasteiger partial charge in [-0.25, -0.2) is 0 Å². The molecule has 0 bridgehead atoms. The van der Waals surface area contributed by atoms with Gasteiger partial charge >= 0.3 is 0 Å². The van der Waals surface area contributed by atoms with E-state index in [9.17, 15) is 9.59 Å². The fourth-order valence-electron chi connectivity index (χ4n) is 2.49. The third-order valence-corrected chi connectivity index (χ3v) is 4.55. The number of hydrogen-bond donors (Lipinski definition) is 1. The molecule has 0 unspecified atom stereocenters. The van der Waals surface area contributed by atoms with Crippen LogP contribution in [-0.4, -0.2) is 39.9 Å². The van der Waals surface area contributed by atoms with Crippen LogP contribution in [0.1, 0.15) is 17.4 Å². The van der Waals surface area contributed by atoms with Crippen LogP contribution in [0.3, 0.4) is 0 Å². The van der Waals surface area contributed by atoms with Gasteiger partial charge in [0.05, 0.1) is 15.7 Å². The summed E-state index contributed by atoms with van der Waals surface area (Å²) < 4.78 is 5.24. The number of anilines is 1. The molecule has 0 aliphatic heterocycles. The van der Waals surface area contributed by atoms with Crippen molar-refractivity contribution in [2.75, 3.05) is 18.4 Å². The third-order valence-electron chi connectivity index (χ3n) is 3.92. The van der Waals surface area contributed by atoms with E-state index in [0.717, 1.165) is 5.56 Å². The van der Waals surface area contributed by atoms with E-state index in [1.165, 1.54) is 11.0 Å². The zero-order chi connectivity index (χ0) is 20.1. The molecule has 2 aromatic heterocycles. The average Bonchev–Trinajstić information content (AvgIpc) is 3.19. The minimum absolute atomic E-state index is 0.109. The molecule has 1 aromatic carbocycles. The number of pyridine rings is 1. The Kier molecular flexibility index (Phi) is 6.28. The van der Waals surface area contributed by atoms with Crippen molar-refractivity contribution >= 4 is 40.7 Å². The quantitative estimate of drug-likeness (QED) is 0.649. The Bertz CT molecular complexity index is 972. The van der Waals surface area contributed by atoms with Crippen LogP contribution in [0.4, 0.5) is 5.69 Å². The Balaban J connectivity index is 1.70. The normalized spacial score (nSPS) is 10.5. The van der Waals surface area contributed by atoms with Crippen LogP contribution < -0.4 is 5.32 Å². The highest BCUT2D eigenvalue weighted by Gasteiger charge is 2.22. The lowest BCUT2D eigenvalue weighted by molar-refractivity contribution is -0.116. The first-order valence-electron chi connectivity index (χ1n) is 8.40. The molecule has 3 rings (SSSR count). The number of aromatic nitrogens is 2. The van der Waals surface area contributed by atoms with Crippen molar-refractivity contribution in [1.82, 2.24) is 15.0 Å². The summed E-state index contributed by atoms with van der Waals surface area (Å²) in [6, 6.07) is 9.92. The van der Waals surface area contributed by atoms with Crippen molar-refractivity contribution in [2.45, 2.75) is 6.92 Å². The highest BCUT2D eigenvalue weighted by atomic mass is 35.5. The van der Waals surface area contributed by atoms with Crippen molar-refractivity contribution in [3.63, 3.8) is 0 Å². The molecule has 9 heteroatoms. The average molecular weight is 419 g/mol. The van der Waals surface area contributed by atoms with Gasteiger partial charge in [-0.05, 0) is 31.2 Å². The van der Waals surface area contributed by atoms with E-state index in [-0.39, 0.29) is 12.2 Å². The van der Waals surface area contributed by atoms with Gasteiger partial charge in [0.2, 0.25) is 5.91 Å². The second-order valence-electron chi connectivity index (χ2n) is 5.78. The van der Waals surface area contributed by atoms with E-state index in [2.05, 4.69) is 15.5 Å². The smallest absolute Gasteiger partial charge is 0.276 e. The molecule has 28 heavy (non-hydrogen) atoms. The number of carbonyl (C=O) groups excluding carboxylic acids is 2. The lowest BCUT2D eigenvalue weighted by Crippen LogP contribution is -2.38. The number of nitrogens with zero attached hydrogens (tertiary/aromatic N) is 3. The van der Waals surface area contributed by atoms with Crippen molar-refractivity contribution in [2.24, 2.45) is 0 Å². The number of likely N-dealkylation sites (N-methyl/N-ethyl adjacent to an activating group) is 1. The summed E-state index contributed by atoms with van der Waals surface area (Å²) in [7, 11) is 0. The molecule has 0 aliphatic carbocycles. The van der Waals surface area contributed by atoms with Gasteiger partial charge in [0.15, 0.2) is 11.5 Å². The Hall–Kier alpha value is -2.90. The lowest BCUT2D eigenvalue weighted by atomic mass is 10.2. The summed E-state index contributed by atoms with van der Waals surface area (Å²) in [5.74, 6) is -0.413. The summed E-state index contributed by atoms with van der Waals surface area (Å²) in [6.07, 6.45) is 3.23. The van der Waals surface area contributed by atoms with Crippen LogP contribution in [0.5, 0.6) is 0 Å². The van der Waals surface area contributed by atoms with Gasteiger partial charge < -0.3 is 14.7 Å². The largest absolute Gasteiger partial charge is 0.355 e. The zero-order valence-corrected chi connectivity index (χ0v) is 16.4. The second kappa shape index (κ2) is 8.86. The van der Waals surface area contributed by atoms with Crippen LogP contribution in [0.2, 0.25) is 10.0 Å². The topological polar surface area (TPSA) is 88.3 Å². The monoisotopic (exact) mass is 418 g/mol. The van der Waals surface area contributed by atoms with Gasteiger partial charge in [0, 0.05) is 30.6 Å². The molecular formula is C19H16Cl2N4O3. The number of para-hydroxylation sites is 1. The highest BCUT2D eigenvalue weighted by molar-refractivity contribution is 6.39. The fourth-order valence-corrected chi connectivity index (χ4v) is 2.98. The Labute approximate surface area is 171 Å². The van der Waals surface area contributed by atoms with Crippen LogP contribution in [0.25, 0.3) is 11.3 Å². The highest BCUT2D eigenvalue weighted by Crippen LogP contribution is 2.29. The first-order chi connectivity index (χ1) is 13.5. The number of carbonyl (C=O) groups is 2. The maximum atomic E-state index is 12.7. The van der Waals surface area contributed by atoms with E-state index >= 15 is 0 Å². The second-order valence-corrected chi connectivity index (χ2v) is 6.59. The Morgan fingerprint density at radius 2 is 1.82 bits per heavy atom. The van der Waals surface area contributed by atoms with Crippen molar-refractivity contribution in [3.05, 3.63) is 64.5 Å². The number of nitrogens with one attached hydrogen (secondary N) is 1. The van der Waals surface area contributed by atoms with Gasteiger partial charge in [-0.3, -0.25) is 14.6 Å². The van der Waals surface area contributed by atoms with Gasteiger partial charge in [0.1, 0.15) is 6.54 Å². The molecule has 0 fully saturated rings. The van der Waals surface area contributed by atoms with Crippen molar-refractivity contribution in [3.8, 4) is 11.3 Å². The fraction of sp³-hybridized carbons (Fsp3) is 0.158. The van der Waals surface area contributed by atoms with Crippen molar-refractivity contribution in [1.29, 1.82) is 0 Å². The molecular weight excluding hydrogens is 403 g/mol. The van der Waals surface area contributed by atoms with Crippen LogP contribution in [-0.2, 0) is 4.79 Å². The number of rotatable bonds is 6. The van der Waals surface area contributed by atoms with E-state index in [0.29, 0.717) is 28.0 Å². The Morgan fingerprint density at radius 3 is 2.46 bits per heavy atom. The van der Waals surface area contributed by atoms with Crippen LogP contribution >= 0.6 is 23.2 Å². The minimum Gasteiger partial charge on any atom is -0.355 e. The molecule has 0 radical (unpaired) electrons. The summed E-state index contributed by atoms with van der Waals surface area (Å²) >= 11 is 12.1. The van der Waals surface area contributed by atoms with Gasteiger partial charge in [0.25, 0.3) is 5.91 Å². The number of benzene rings is 1. The summed E-state index contributed by atoms with van der Waals surface area (Å²) in [5.41, 5.74) is 1.16. The standard InChI is InChI=1S/C19H16Cl2N4O3/c1-2-25(11-17(26)23-18-13(20)4-3-5-14(18)21)19(27)15-10-16(28-24-15)12-6-8-22-9-7-12/h3-10H,2,11H2,1H3,(H,23,26). The minimum atomic E-state index is -0.428. The SMILES string of the molecule is CCN(CC(=O)Nc1c(Cl)cccc1Cl)C(=O)c1cc(-c2ccncc2)on1. The lowest BCUT2D eigenvalue weighted by Gasteiger charge is -2.19. The van der Waals surface area contributed by atoms with E-state index in [1.807, 2.05) is 0 Å². The molecule has 0 atom stereocenters. The van der Waals surface area contributed by atoms with Gasteiger partial charge in [-0.15, -0.1) is 0 Å². The molecule has 2 amide bonds. The van der Waals surface area contributed by atoms with E-state index in [4.69, 9.17) is 27.7 Å². The predicted molar refractivity (Wildman–Crippen MR) is 106 cm³/mol. The summed E-state index contributed by atoms with van der Waals surface area (Å²) in [5, 5.41) is 7.08. The van der Waals surface area contributed by atoms with E-state index in [1.54, 1.807) is 49.6 Å².